The van der Waals surface area contributed by atoms with E-state index in [1.54, 1.807) is 0 Å². The van der Waals surface area contributed by atoms with Crippen molar-refractivity contribution >= 4 is 34.8 Å². The minimum atomic E-state index is -0.0356. The maximum atomic E-state index is 12.8. The van der Waals surface area contributed by atoms with Crippen LogP contribution in [0.25, 0.3) is 10.6 Å². The first-order valence-electron chi connectivity index (χ1n) is 10.4. The Hall–Kier alpha value is -1.92. The van der Waals surface area contributed by atoms with Gasteiger partial charge in [-0.25, -0.2) is 4.98 Å². The van der Waals surface area contributed by atoms with E-state index < -0.39 is 0 Å². The highest BCUT2D eigenvalue weighted by Crippen LogP contribution is 2.27. The summed E-state index contributed by atoms with van der Waals surface area (Å²) < 4.78 is 0. The molecule has 1 saturated carbocycles. The zero-order valence-electron chi connectivity index (χ0n) is 16.4. The monoisotopic (exact) mass is 431 g/mol. The minimum absolute atomic E-state index is 0.0356. The maximum absolute atomic E-state index is 12.8. The van der Waals surface area contributed by atoms with E-state index in [4.69, 9.17) is 11.6 Å². The van der Waals surface area contributed by atoms with Crippen LogP contribution in [-0.2, 0) is 4.79 Å². The second kappa shape index (κ2) is 9.26. The van der Waals surface area contributed by atoms with Crippen LogP contribution in [0.5, 0.6) is 0 Å². The van der Waals surface area contributed by atoms with Gasteiger partial charge in [0, 0.05) is 41.0 Å². The van der Waals surface area contributed by atoms with Crippen LogP contribution in [0.3, 0.4) is 0 Å². The summed E-state index contributed by atoms with van der Waals surface area (Å²) in [4.78, 5) is 31.7. The SMILES string of the molecule is O=C(NC1CCN(C(=O)c2csc(-c3cccc(Cl)c3)n2)CC1)C1CCCCC1. The number of nitrogens with zero attached hydrogens (tertiary/aromatic N) is 2. The summed E-state index contributed by atoms with van der Waals surface area (Å²) in [5.41, 5.74) is 1.40. The van der Waals surface area contributed by atoms with Crippen molar-refractivity contribution in [2.24, 2.45) is 5.92 Å². The van der Waals surface area contributed by atoms with Crippen molar-refractivity contribution in [2.45, 2.75) is 51.0 Å². The Morgan fingerprint density at radius 3 is 2.59 bits per heavy atom. The summed E-state index contributed by atoms with van der Waals surface area (Å²) in [6.07, 6.45) is 7.21. The van der Waals surface area contributed by atoms with E-state index in [0.717, 1.165) is 49.1 Å². The minimum Gasteiger partial charge on any atom is -0.353 e. The van der Waals surface area contributed by atoms with E-state index in [1.165, 1.54) is 17.8 Å². The Morgan fingerprint density at radius 2 is 1.86 bits per heavy atom. The smallest absolute Gasteiger partial charge is 0.273 e. The average molecular weight is 432 g/mol. The lowest BCUT2D eigenvalue weighted by molar-refractivity contribution is -0.126. The Bertz CT molecular complexity index is 870. The highest BCUT2D eigenvalue weighted by molar-refractivity contribution is 7.13. The van der Waals surface area contributed by atoms with E-state index >= 15 is 0 Å². The summed E-state index contributed by atoms with van der Waals surface area (Å²) in [5.74, 6) is 0.357. The number of aromatic nitrogens is 1. The Balaban J connectivity index is 1.30. The quantitative estimate of drug-likeness (QED) is 0.758. The number of halogens is 1. The van der Waals surface area contributed by atoms with Crippen molar-refractivity contribution in [3.8, 4) is 10.6 Å². The van der Waals surface area contributed by atoms with Crippen molar-refractivity contribution in [1.82, 2.24) is 15.2 Å². The van der Waals surface area contributed by atoms with Crippen LogP contribution in [-0.4, -0.2) is 40.8 Å². The molecule has 1 aromatic carbocycles. The molecule has 0 radical (unpaired) electrons. The summed E-state index contributed by atoms with van der Waals surface area (Å²) in [5, 5.41) is 6.48. The standard InChI is InChI=1S/C22H26ClN3O2S/c23-17-8-4-7-16(13-17)21-25-19(14-29-21)22(28)26-11-9-18(10-12-26)24-20(27)15-5-2-1-3-6-15/h4,7-8,13-15,18H,1-3,5-6,9-12H2,(H,24,27). The van der Waals surface area contributed by atoms with Gasteiger partial charge in [0.25, 0.3) is 5.91 Å². The van der Waals surface area contributed by atoms with Crippen molar-refractivity contribution in [1.29, 1.82) is 0 Å². The number of hydrogen-bond acceptors (Lipinski definition) is 4. The molecule has 0 spiro atoms. The van der Waals surface area contributed by atoms with Crippen LogP contribution in [0, 0.1) is 5.92 Å². The van der Waals surface area contributed by atoms with Crippen molar-refractivity contribution in [3.63, 3.8) is 0 Å². The molecule has 2 amide bonds. The Labute approximate surface area is 180 Å². The molecule has 2 aromatic rings. The largest absolute Gasteiger partial charge is 0.353 e. The van der Waals surface area contributed by atoms with Crippen molar-refractivity contribution in [2.75, 3.05) is 13.1 Å². The lowest BCUT2D eigenvalue weighted by Crippen LogP contribution is -2.48. The molecule has 2 fully saturated rings. The predicted molar refractivity (Wildman–Crippen MR) is 116 cm³/mol. The van der Waals surface area contributed by atoms with Gasteiger partial charge in [-0.15, -0.1) is 11.3 Å². The molecular formula is C22H26ClN3O2S. The van der Waals surface area contributed by atoms with Crippen molar-refractivity contribution in [3.05, 3.63) is 40.4 Å². The number of benzene rings is 1. The fraction of sp³-hybridized carbons (Fsp3) is 0.500. The number of hydrogen-bond donors (Lipinski definition) is 1. The average Bonchev–Trinajstić information content (AvgIpc) is 3.25. The summed E-state index contributed by atoms with van der Waals surface area (Å²) >= 11 is 7.51. The number of thiazole rings is 1. The fourth-order valence-electron chi connectivity index (χ4n) is 4.20. The zero-order valence-corrected chi connectivity index (χ0v) is 18.0. The second-order valence-corrected chi connectivity index (χ2v) is 9.25. The molecule has 1 aliphatic heterocycles. The number of likely N-dealkylation sites (tertiary alicyclic amines) is 1. The summed E-state index contributed by atoms with van der Waals surface area (Å²) in [6.45, 7) is 1.30. The number of amides is 2. The van der Waals surface area contributed by atoms with Gasteiger partial charge in [-0.3, -0.25) is 9.59 Å². The molecule has 1 N–H and O–H groups in total. The molecule has 4 rings (SSSR count). The lowest BCUT2D eigenvalue weighted by atomic mass is 9.88. The van der Waals surface area contributed by atoms with Crippen LogP contribution in [0.2, 0.25) is 5.02 Å². The van der Waals surface area contributed by atoms with Gasteiger partial charge in [0.1, 0.15) is 10.7 Å². The molecule has 7 heteroatoms. The van der Waals surface area contributed by atoms with Gasteiger partial charge in [-0.2, -0.15) is 0 Å². The molecule has 0 bridgehead atoms. The van der Waals surface area contributed by atoms with E-state index in [1.807, 2.05) is 34.5 Å². The lowest BCUT2D eigenvalue weighted by Gasteiger charge is -2.33. The van der Waals surface area contributed by atoms with Gasteiger partial charge >= 0.3 is 0 Å². The normalized spacial score (nSPS) is 18.6. The number of carbonyl (C=O) groups is 2. The third kappa shape index (κ3) is 4.98. The number of rotatable bonds is 4. The van der Waals surface area contributed by atoms with Crippen LogP contribution >= 0.6 is 22.9 Å². The zero-order chi connectivity index (χ0) is 20.2. The molecular weight excluding hydrogens is 406 g/mol. The van der Waals surface area contributed by atoms with Gasteiger partial charge in [-0.1, -0.05) is 43.0 Å². The molecule has 0 atom stereocenters. The highest BCUT2D eigenvalue weighted by atomic mass is 35.5. The molecule has 29 heavy (non-hydrogen) atoms. The molecule has 1 aliphatic carbocycles. The number of piperidine rings is 1. The van der Waals surface area contributed by atoms with Gasteiger partial charge in [-0.05, 0) is 37.8 Å². The Kier molecular flexibility index (Phi) is 6.50. The topological polar surface area (TPSA) is 62.3 Å². The van der Waals surface area contributed by atoms with E-state index in [2.05, 4.69) is 10.3 Å². The first kappa shape index (κ1) is 20.4. The first-order valence-corrected chi connectivity index (χ1v) is 11.7. The second-order valence-electron chi connectivity index (χ2n) is 7.96. The molecule has 2 heterocycles. The van der Waals surface area contributed by atoms with Gasteiger partial charge in [0.2, 0.25) is 5.91 Å². The summed E-state index contributed by atoms with van der Waals surface area (Å²) in [7, 11) is 0. The molecule has 1 saturated heterocycles. The van der Waals surface area contributed by atoms with E-state index in [0.29, 0.717) is 23.8 Å². The predicted octanol–water partition coefficient (Wildman–Crippen LogP) is 4.76. The van der Waals surface area contributed by atoms with Gasteiger partial charge in [0.05, 0.1) is 0 Å². The molecule has 5 nitrogen and oxygen atoms in total. The van der Waals surface area contributed by atoms with E-state index in [9.17, 15) is 9.59 Å². The van der Waals surface area contributed by atoms with Crippen LogP contribution in [0.15, 0.2) is 29.6 Å². The Morgan fingerprint density at radius 1 is 1.10 bits per heavy atom. The van der Waals surface area contributed by atoms with E-state index in [-0.39, 0.29) is 23.8 Å². The van der Waals surface area contributed by atoms with Crippen LogP contribution in [0.4, 0.5) is 0 Å². The third-order valence-corrected chi connectivity index (χ3v) is 7.03. The van der Waals surface area contributed by atoms with Gasteiger partial charge in [0.15, 0.2) is 0 Å². The summed E-state index contributed by atoms with van der Waals surface area (Å²) in [6, 6.07) is 7.68. The van der Waals surface area contributed by atoms with Crippen LogP contribution < -0.4 is 5.32 Å². The molecule has 0 unspecified atom stereocenters. The van der Waals surface area contributed by atoms with Crippen LogP contribution in [0.1, 0.15) is 55.4 Å². The fourth-order valence-corrected chi connectivity index (χ4v) is 5.18. The number of nitrogens with one attached hydrogen (secondary N) is 1. The molecule has 154 valence electrons. The molecule has 2 aliphatic rings. The van der Waals surface area contributed by atoms with Gasteiger partial charge < -0.3 is 10.2 Å². The van der Waals surface area contributed by atoms with Crippen molar-refractivity contribution < 1.29 is 9.59 Å². The molecule has 1 aromatic heterocycles. The third-order valence-electron chi connectivity index (χ3n) is 5.90. The maximum Gasteiger partial charge on any atom is 0.273 e. The highest BCUT2D eigenvalue weighted by Gasteiger charge is 2.28. The first-order chi connectivity index (χ1) is 14.1. The number of carbonyl (C=O) groups excluding carboxylic acids is 2.